The SMILES string of the molecule is Cn1ncc2c(N)nc(N3C[C@@H](O)C[C@H]3c3ccc(F)c(F)c3)nc21. The number of nitrogen functional groups attached to an aromatic ring is 1. The number of aliphatic hydroxyl groups excluding tert-OH is 1. The number of hydrogen-bond acceptors (Lipinski definition) is 6. The van der Waals surface area contributed by atoms with Gasteiger partial charge in [0.25, 0.3) is 0 Å². The fraction of sp³-hybridized carbons (Fsp3) is 0.312. The second-order valence-electron chi connectivity index (χ2n) is 6.15. The Labute approximate surface area is 141 Å². The van der Waals surface area contributed by atoms with Crippen LogP contribution in [-0.4, -0.2) is 37.5 Å². The van der Waals surface area contributed by atoms with E-state index >= 15 is 0 Å². The molecule has 0 aliphatic carbocycles. The molecule has 0 bridgehead atoms. The van der Waals surface area contributed by atoms with Crippen LogP contribution in [0.25, 0.3) is 11.0 Å². The molecule has 1 fully saturated rings. The maximum Gasteiger partial charge on any atom is 0.229 e. The number of nitrogens with zero attached hydrogens (tertiary/aromatic N) is 5. The summed E-state index contributed by atoms with van der Waals surface area (Å²) < 4.78 is 28.4. The molecule has 1 aromatic carbocycles. The van der Waals surface area contributed by atoms with E-state index in [0.717, 1.165) is 12.1 Å². The summed E-state index contributed by atoms with van der Waals surface area (Å²) in [5.41, 5.74) is 7.10. The topological polar surface area (TPSA) is 93.1 Å². The number of benzene rings is 1. The number of rotatable bonds is 2. The van der Waals surface area contributed by atoms with E-state index in [4.69, 9.17) is 5.73 Å². The number of β-amino-alcohol motifs (C(OH)–C–C–N with tert-alkyl or cyclic N) is 1. The first-order valence-electron chi connectivity index (χ1n) is 7.79. The van der Waals surface area contributed by atoms with Crippen molar-refractivity contribution < 1.29 is 13.9 Å². The number of fused-ring (bicyclic) bond motifs is 1. The third-order valence-electron chi connectivity index (χ3n) is 4.47. The lowest BCUT2D eigenvalue weighted by Gasteiger charge is -2.25. The molecule has 2 atom stereocenters. The van der Waals surface area contributed by atoms with Crippen LogP contribution in [0.1, 0.15) is 18.0 Å². The monoisotopic (exact) mass is 346 g/mol. The molecule has 1 aliphatic rings. The molecule has 3 heterocycles. The lowest BCUT2D eigenvalue weighted by atomic mass is 10.0. The number of aryl methyl sites for hydroxylation is 1. The van der Waals surface area contributed by atoms with Crippen molar-refractivity contribution in [2.45, 2.75) is 18.6 Å². The molecular formula is C16H16F2N6O. The maximum atomic E-state index is 13.6. The van der Waals surface area contributed by atoms with Crippen LogP contribution in [0.3, 0.4) is 0 Å². The third kappa shape index (κ3) is 2.56. The normalized spacial score (nSPS) is 20.6. The summed E-state index contributed by atoms with van der Waals surface area (Å²) in [6, 6.07) is 3.33. The summed E-state index contributed by atoms with van der Waals surface area (Å²) in [6.45, 7) is 0.270. The Morgan fingerprint density at radius 3 is 2.80 bits per heavy atom. The highest BCUT2D eigenvalue weighted by Gasteiger charge is 2.34. The molecule has 0 saturated carbocycles. The molecule has 1 aliphatic heterocycles. The van der Waals surface area contributed by atoms with Crippen LogP contribution in [0.4, 0.5) is 20.5 Å². The minimum Gasteiger partial charge on any atom is -0.391 e. The molecule has 7 nitrogen and oxygen atoms in total. The molecule has 130 valence electrons. The molecule has 25 heavy (non-hydrogen) atoms. The summed E-state index contributed by atoms with van der Waals surface area (Å²) in [5, 5.41) is 14.8. The highest BCUT2D eigenvalue weighted by Crippen LogP contribution is 2.36. The number of anilines is 2. The van der Waals surface area contributed by atoms with Crippen molar-refractivity contribution in [2.24, 2.45) is 7.05 Å². The number of hydrogen-bond donors (Lipinski definition) is 2. The summed E-state index contributed by atoms with van der Waals surface area (Å²) in [7, 11) is 1.74. The lowest BCUT2D eigenvalue weighted by molar-refractivity contribution is 0.194. The van der Waals surface area contributed by atoms with Crippen molar-refractivity contribution >= 4 is 22.8 Å². The van der Waals surface area contributed by atoms with Crippen LogP contribution in [0.2, 0.25) is 0 Å². The maximum absolute atomic E-state index is 13.6. The fourth-order valence-electron chi connectivity index (χ4n) is 3.23. The van der Waals surface area contributed by atoms with Gasteiger partial charge < -0.3 is 15.7 Å². The average Bonchev–Trinajstić information content (AvgIpc) is 3.14. The first-order valence-corrected chi connectivity index (χ1v) is 7.79. The molecule has 2 aromatic heterocycles. The van der Waals surface area contributed by atoms with E-state index in [1.54, 1.807) is 22.8 Å². The van der Waals surface area contributed by atoms with Gasteiger partial charge in [0.1, 0.15) is 5.82 Å². The van der Waals surface area contributed by atoms with E-state index in [1.807, 2.05) is 0 Å². The van der Waals surface area contributed by atoms with Gasteiger partial charge in [0.05, 0.1) is 23.7 Å². The smallest absolute Gasteiger partial charge is 0.229 e. The minimum atomic E-state index is -0.929. The van der Waals surface area contributed by atoms with E-state index in [2.05, 4.69) is 15.1 Å². The van der Waals surface area contributed by atoms with Crippen molar-refractivity contribution in [1.82, 2.24) is 19.7 Å². The first-order chi connectivity index (χ1) is 11.9. The van der Waals surface area contributed by atoms with Crippen molar-refractivity contribution in [3.8, 4) is 0 Å². The number of aliphatic hydroxyl groups is 1. The largest absolute Gasteiger partial charge is 0.391 e. The van der Waals surface area contributed by atoms with Gasteiger partial charge in [0, 0.05) is 13.6 Å². The van der Waals surface area contributed by atoms with Crippen LogP contribution < -0.4 is 10.6 Å². The second kappa shape index (κ2) is 5.62. The van der Waals surface area contributed by atoms with Gasteiger partial charge in [-0.3, -0.25) is 4.68 Å². The van der Waals surface area contributed by atoms with E-state index in [0.29, 0.717) is 29.0 Å². The van der Waals surface area contributed by atoms with Gasteiger partial charge in [-0.15, -0.1) is 0 Å². The van der Waals surface area contributed by atoms with Crippen molar-refractivity contribution in [3.63, 3.8) is 0 Å². The molecular weight excluding hydrogens is 330 g/mol. The van der Waals surface area contributed by atoms with Gasteiger partial charge in [-0.25, -0.2) is 8.78 Å². The molecule has 3 N–H and O–H groups in total. The standard InChI is InChI=1S/C16H16F2N6O/c1-23-15-10(6-20-23)14(19)21-16(22-15)24-7-9(25)5-13(24)8-2-3-11(17)12(18)4-8/h2-4,6,9,13,25H,5,7H2,1H3,(H2,19,21,22)/t9-,13-/m0/s1. The van der Waals surface area contributed by atoms with Gasteiger partial charge in [0.15, 0.2) is 17.3 Å². The van der Waals surface area contributed by atoms with Crippen LogP contribution in [0, 0.1) is 11.6 Å². The zero-order chi connectivity index (χ0) is 17.7. The van der Waals surface area contributed by atoms with E-state index in [9.17, 15) is 13.9 Å². The second-order valence-corrected chi connectivity index (χ2v) is 6.15. The highest BCUT2D eigenvalue weighted by atomic mass is 19.2. The Kier molecular flexibility index (Phi) is 3.53. The predicted octanol–water partition coefficient (Wildman–Crippen LogP) is 1.54. The number of aromatic nitrogens is 4. The minimum absolute atomic E-state index is 0.270. The molecule has 4 rings (SSSR count). The lowest BCUT2D eigenvalue weighted by Crippen LogP contribution is -2.26. The Hall–Kier alpha value is -2.81. The van der Waals surface area contributed by atoms with Crippen molar-refractivity contribution in [2.75, 3.05) is 17.2 Å². The molecule has 0 unspecified atom stereocenters. The van der Waals surface area contributed by atoms with Crippen molar-refractivity contribution in [1.29, 1.82) is 0 Å². The van der Waals surface area contributed by atoms with Crippen LogP contribution in [0.5, 0.6) is 0 Å². The molecule has 3 aromatic rings. The Morgan fingerprint density at radius 2 is 2.04 bits per heavy atom. The van der Waals surface area contributed by atoms with Gasteiger partial charge in [0.2, 0.25) is 5.95 Å². The predicted molar refractivity (Wildman–Crippen MR) is 87.8 cm³/mol. The number of halogens is 2. The molecule has 0 radical (unpaired) electrons. The zero-order valence-corrected chi connectivity index (χ0v) is 13.4. The van der Waals surface area contributed by atoms with Gasteiger partial charge in [-0.2, -0.15) is 15.1 Å². The highest BCUT2D eigenvalue weighted by molar-refractivity contribution is 5.86. The molecule has 1 saturated heterocycles. The van der Waals surface area contributed by atoms with Gasteiger partial charge >= 0.3 is 0 Å². The Morgan fingerprint density at radius 1 is 1.24 bits per heavy atom. The third-order valence-corrected chi connectivity index (χ3v) is 4.47. The van der Waals surface area contributed by atoms with Gasteiger partial charge in [-0.05, 0) is 24.1 Å². The Bertz CT molecular complexity index is 959. The van der Waals surface area contributed by atoms with E-state index < -0.39 is 17.7 Å². The summed E-state index contributed by atoms with van der Waals surface area (Å²) >= 11 is 0. The summed E-state index contributed by atoms with van der Waals surface area (Å²) in [6.07, 6.45) is 1.31. The molecule has 0 amide bonds. The number of nitrogens with two attached hydrogens (primary N) is 1. The average molecular weight is 346 g/mol. The van der Waals surface area contributed by atoms with Crippen LogP contribution in [0.15, 0.2) is 24.4 Å². The van der Waals surface area contributed by atoms with E-state index in [1.165, 1.54) is 6.07 Å². The molecule has 0 spiro atoms. The van der Waals surface area contributed by atoms with Crippen LogP contribution in [-0.2, 0) is 7.05 Å². The van der Waals surface area contributed by atoms with Crippen LogP contribution >= 0.6 is 0 Å². The Balaban J connectivity index is 1.79. The van der Waals surface area contributed by atoms with E-state index in [-0.39, 0.29) is 18.4 Å². The van der Waals surface area contributed by atoms with Crippen molar-refractivity contribution in [3.05, 3.63) is 41.6 Å². The van der Waals surface area contributed by atoms with Gasteiger partial charge in [-0.1, -0.05) is 6.07 Å². The summed E-state index contributed by atoms with van der Waals surface area (Å²) in [5.74, 6) is -1.24. The summed E-state index contributed by atoms with van der Waals surface area (Å²) in [4.78, 5) is 10.5. The zero-order valence-electron chi connectivity index (χ0n) is 13.4. The first kappa shape index (κ1) is 15.7. The fourth-order valence-corrected chi connectivity index (χ4v) is 3.23. The quantitative estimate of drug-likeness (QED) is 0.731. The molecule has 9 heteroatoms.